The Hall–Kier alpha value is -3.49. The number of carbonyl (C=O) groups is 1. The van der Waals surface area contributed by atoms with Crippen molar-refractivity contribution in [2.75, 3.05) is 11.1 Å². The lowest BCUT2D eigenvalue weighted by atomic mass is 10.1. The van der Waals surface area contributed by atoms with Crippen LogP contribution < -0.4 is 11.1 Å². The summed E-state index contributed by atoms with van der Waals surface area (Å²) in [6, 6.07) is 18.9. The van der Waals surface area contributed by atoms with E-state index in [9.17, 15) is 17.6 Å². The number of hydrogen-bond acceptors (Lipinski definition) is 6. The van der Waals surface area contributed by atoms with Crippen molar-refractivity contribution in [1.29, 1.82) is 0 Å². The summed E-state index contributed by atoms with van der Waals surface area (Å²) in [5.74, 6) is -0.953. The van der Waals surface area contributed by atoms with Gasteiger partial charge in [-0.3, -0.25) is 4.79 Å². The summed E-state index contributed by atoms with van der Waals surface area (Å²) in [6.45, 7) is 3.78. The zero-order valence-corrected chi connectivity index (χ0v) is 19.6. The van der Waals surface area contributed by atoms with Gasteiger partial charge in [-0.1, -0.05) is 29.8 Å². The minimum absolute atomic E-state index is 0.0717. The summed E-state index contributed by atoms with van der Waals surface area (Å²) in [5, 5.41) is 3.36. The molecule has 1 aromatic heterocycles. The van der Waals surface area contributed by atoms with Crippen molar-refractivity contribution in [1.82, 2.24) is 0 Å². The molecule has 5 nitrogen and oxygen atoms in total. The van der Waals surface area contributed by atoms with Gasteiger partial charge in [0, 0.05) is 11.3 Å². The van der Waals surface area contributed by atoms with E-state index in [2.05, 4.69) is 5.32 Å². The highest BCUT2D eigenvalue weighted by atomic mass is 32.2. The maximum Gasteiger partial charge on any atom is 0.211 e. The Morgan fingerprint density at radius 3 is 2.24 bits per heavy atom. The normalized spacial score (nSPS) is 11.4. The molecule has 0 spiro atoms. The smallest absolute Gasteiger partial charge is 0.211 e. The first-order valence-electron chi connectivity index (χ1n) is 10.0. The molecule has 0 aliphatic heterocycles. The van der Waals surface area contributed by atoms with E-state index < -0.39 is 21.4 Å². The Kier molecular flexibility index (Phi) is 6.05. The number of ketones is 1. The molecule has 0 atom stereocenters. The number of hydrogen-bond donors (Lipinski definition) is 2. The summed E-state index contributed by atoms with van der Waals surface area (Å²) < 4.78 is 40.5. The molecule has 3 aromatic carbocycles. The molecule has 3 N–H and O–H groups in total. The maximum atomic E-state index is 13.6. The Morgan fingerprint density at radius 2 is 1.61 bits per heavy atom. The fourth-order valence-electron chi connectivity index (χ4n) is 3.37. The molecular weight excluding hydrogens is 459 g/mol. The van der Waals surface area contributed by atoms with Crippen LogP contribution in [0.25, 0.3) is 0 Å². The van der Waals surface area contributed by atoms with Gasteiger partial charge in [0.05, 0.1) is 10.6 Å². The molecule has 0 unspecified atom stereocenters. The van der Waals surface area contributed by atoms with E-state index in [4.69, 9.17) is 5.73 Å². The van der Waals surface area contributed by atoms with Crippen LogP contribution in [0.1, 0.15) is 26.4 Å². The van der Waals surface area contributed by atoms with Gasteiger partial charge in [-0.2, -0.15) is 0 Å². The van der Waals surface area contributed by atoms with E-state index in [-0.39, 0.29) is 30.9 Å². The third-order valence-electron chi connectivity index (χ3n) is 5.09. The summed E-state index contributed by atoms with van der Waals surface area (Å²) in [4.78, 5) is 13.1. The van der Waals surface area contributed by atoms with Gasteiger partial charge >= 0.3 is 0 Å². The van der Waals surface area contributed by atoms with E-state index in [0.717, 1.165) is 22.5 Å². The van der Waals surface area contributed by atoms with Crippen molar-refractivity contribution < 1.29 is 17.6 Å². The molecule has 1 heterocycles. The number of nitrogens with one attached hydrogen (secondary N) is 1. The van der Waals surface area contributed by atoms with Gasteiger partial charge in [0.15, 0.2) is 0 Å². The first kappa shape index (κ1) is 22.7. The van der Waals surface area contributed by atoms with E-state index >= 15 is 0 Å². The van der Waals surface area contributed by atoms with Gasteiger partial charge in [0.1, 0.15) is 20.6 Å². The average Bonchev–Trinajstić information content (AvgIpc) is 3.10. The van der Waals surface area contributed by atoms with Crippen molar-refractivity contribution in [3.05, 3.63) is 100 Å². The highest BCUT2D eigenvalue weighted by Gasteiger charge is 2.31. The summed E-state index contributed by atoms with van der Waals surface area (Å²) >= 11 is 0.960. The van der Waals surface area contributed by atoms with E-state index in [1.165, 1.54) is 36.4 Å². The molecule has 4 aromatic rings. The molecule has 0 bridgehead atoms. The second kappa shape index (κ2) is 8.80. The van der Waals surface area contributed by atoms with Crippen molar-refractivity contribution in [2.24, 2.45) is 0 Å². The van der Waals surface area contributed by atoms with Crippen LogP contribution in [-0.4, -0.2) is 14.2 Å². The van der Waals surface area contributed by atoms with Crippen LogP contribution in [-0.2, 0) is 9.84 Å². The second-order valence-corrected chi connectivity index (χ2v) is 10.6. The Balaban J connectivity index is 1.88. The van der Waals surface area contributed by atoms with Gasteiger partial charge in [-0.15, -0.1) is 11.3 Å². The van der Waals surface area contributed by atoms with Crippen LogP contribution in [0, 0.1) is 19.7 Å². The fraction of sp³-hybridized carbons (Fsp3) is 0.0800. The van der Waals surface area contributed by atoms with E-state index in [1.54, 1.807) is 18.2 Å². The lowest BCUT2D eigenvalue weighted by molar-refractivity contribution is 0.104. The SMILES string of the molecule is Cc1ccc(S(=O)(=O)c2c(Nc3cccc(C)c3)sc(C(=O)c3ccc(F)cc3)c2N)cc1. The van der Waals surface area contributed by atoms with Crippen LogP contribution in [0.3, 0.4) is 0 Å². The molecule has 33 heavy (non-hydrogen) atoms. The molecule has 0 aliphatic rings. The Labute approximate surface area is 195 Å². The fourth-order valence-corrected chi connectivity index (χ4v) is 6.30. The quantitative estimate of drug-likeness (QED) is 0.336. The van der Waals surface area contributed by atoms with Gasteiger partial charge in [-0.25, -0.2) is 12.8 Å². The van der Waals surface area contributed by atoms with Crippen LogP contribution >= 0.6 is 11.3 Å². The summed E-state index contributed by atoms with van der Waals surface area (Å²) in [6.07, 6.45) is 0. The number of carbonyl (C=O) groups excluding carboxylic acids is 1. The predicted molar refractivity (Wildman–Crippen MR) is 130 cm³/mol. The van der Waals surface area contributed by atoms with E-state index in [1.807, 2.05) is 32.0 Å². The van der Waals surface area contributed by atoms with Gasteiger partial charge in [-0.05, 0) is 67.9 Å². The Bertz CT molecular complexity index is 1440. The summed E-state index contributed by atoms with van der Waals surface area (Å²) in [7, 11) is -4.04. The van der Waals surface area contributed by atoms with Crippen molar-refractivity contribution >= 4 is 43.3 Å². The molecule has 0 saturated heterocycles. The van der Waals surface area contributed by atoms with Crippen molar-refractivity contribution in [3.63, 3.8) is 0 Å². The monoisotopic (exact) mass is 480 g/mol. The van der Waals surface area contributed by atoms with Crippen LogP contribution in [0.15, 0.2) is 82.6 Å². The van der Waals surface area contributed by atoms with Gasteiger partial charge in [0.2, 0.25) is 15.6 Å². The zero-order valence-electron chi connectivity index (χ0n) is 17.9. The van der Waals surface area contributed by atoms with E-state index in [0.29, 0.717) is 5.69 Å². The number of nitrogens with two attached hydrogens (primary N) is 1. The van der Waals surface area contributed by atoms with Crippen LogP contribution in [0.2, 0.25) is 0 Å². The van der Waals surface area contributed by atoms with Gasteiger partial charge in [0.25, 0.3) is 0 Å². The molecule has 0 radical (unpaired) electrons. The van der Waals surface area contributed by atoms with Crippen LogP contribution in [0.4, 0.5) is 20.8 Å². The van der Waals surface area contributed by atoms with Gasteiger partial charge < -0.3 is 11.1 Å². The number of nitrogen functional groups attached to an aromatic ring is 1. The number of aryl methyl sites for hydroxylation is 2. The Morgan fingerprint density at radius 1 is 0.939 bits per heavy atom. The van der Waals surface area contributed by atoms with Crippen molar-refractivity contribution in [3.8, 4) is 0 Å². The molecule has 8 heteroatoms. The minimum atomic E-state index is -4.04. The highest BCUT2D eigenvalue weighted by Crippen LogP contribution is 2.44. The molecule has 0 aliphatic carbocycles. The summed E-state index contributed by atoms with van der Waals surface area (Å²) in [5.41, 5.74) is 8.95. The minimum Gasteiger partial charge on any atom is -0.396 e. The highest BCUT2D eigenvalue weighted by molar-refractivity contribution is 7.92. The number of benzene rings is 3. The van der Waals surface area contributed by atoms with Crippen molar-refractivity contribution in [2.45, 2.75) is 23.6 Å². The number of thiophene rings is 1. The number of sulfone groups is 1. The molecule has 0 saturated carbocycles. The number of anilines is 3. The molecule has 0 amide bonds. The molecule has 4 rings (SSSR count). The number of rotatable bonds is 6. The third-order valence-corrected chi connectivity index (χ3v) is 8.19. The van der Waals surface area contributed by atoms with Crippen LogP contribution in [0.5, 0.6) is 0 Å². The third kappa shape index (κ3) is 4.53. The topological polar surface area (TPSA) is 89.3 Å². The molecule has 0 fully saturated rings. The lowest BCUT2D eigenvalue weighted by Crippen LogP contribution is -2.08. The lowest BCUT2D eigenvalue weighted by Gasteiger charge is -2.10. The largest absolute Gasteiger partial charge is 0.396 e. The first-order chi connectivity index (χ1) is 15.7. The first-order valence-corrected chi connectivity index (χ1v) is 12.3. The predicted octanol–water partition coefficient (Wildman–Crippen LogP) is 5.89. The molecular formula is C25H21FN2O3S2. The average molecular weight is 481 g/mol. The standard InChI is InChI=1S/C25H21FN2O3S2/c1-15-6-12-20(13-7-15)33(30,31)24-21(27)23(22(29)17-8-10-18(26)11-9-17)32-25(24)28-19-5-3-4-16(2)14-19/h3-14,28H,27H2,1-2H3. The maximum absolute atomic E-state index is 13.6. The number of halogens is 1. The molecule has 168 valence electrons. The zero-order chi connectivity index (χ0) is 23.8. The second-order valence-electron chi connectivity index (χ2n) is 7.65.